The average molecular weight is 609 g/mol. The first-order valence-corrected chi connectivity index (χ1v) is 14.7. The zero-order valence-corrected chi connectivity index (χ0v) is 25.8. The number of hydrogen-bond acceptors (Lipinski definition) is 10. The maximum atomic E-state index is 12.7. The summed E-state index contributed by atoms with van der Waals surface area (Å²) >= 11 is 0. The highest BCUT2D eigenvalue weighted by Crippen LogP contribution is 2.47. The summed E-state index contributed by atoms with van der Waals surface area (Å²) in [6, 6.07) is 9.64. The molecule has 44 heavy (non-hydrogen) atoms. The average Bonchev–Trinajstić information content (AvgIpc) is 3.19. The summed E-state index contributed by atoms with van der Waals surface area (Å²) in [4.78, 5) is 49.2. The Bertz CT molecular complexity index is 1460. The third-order valence-corrected chi connectivity index (χ3v) is 7.89. The molecule has 0 fully saturated rings. The Morgan fingerprint density at radius 3 is 2.66 bits per heavy atom. The van der Waals surface area contributed by atoms with Gasteiger partial charge in [-0.2, -0.15) is 5.11 Å². The summed E-state index contributed by atoms with van der Waals surface area (Å²) in [5.74, 6) is -1.13. The maximum absolute atomic E-state index is 12.7. The molecule has 0 saturated heterocycles. The number of esters is 1. The lowest BCUT2D eigenvalue weighted by atomic mass is 9.84. The Balaban J connectivity index is 1.53. The van der Waals surface area contributed by atoms with Crippen LogP contribution < -0.4 is 10.2 Å². The van der Waals surface area contributed by atoms with Gasteiger partial charge in [0, 0.05) is 67.4 Å². The molecule has 2 aromatic rings. The van der Waals surface area contributed by atoms with Gasteiger partial charge in [-0.05, 0) is 48.7 Å². The molecule has 0 aromatic heterocycles. The molecule has 0 bridgehead atoms. The highest BCUT2D eigenvalue weighted by atomic mass is 16.6. The fourth-order valence-corrected chi connectivity index (χ4v) is 4.88. The summed E-state index contributed by atoms with van der Waals surface area (Å²) in [6.45, 7) is 10.5. The SMILES string of the molecule is [2H]OCC(CCCCNC(=O)c1ccc(N=Nc2ccc3c(c2)C(C)(C)C(=C)N3C)c([N+](=O)[O-])c1)COC(=O)CCC(=O)CC. The van der Waals surface area contributed by atoms with Crippen LogP contribution in [0.25, 0.3) is 0 Å². The van der Waals surface area contributed by atoms with Gasteiger partial charge < -0.3 is 20.1 Å². The lowest BCUT2D eigenvalue weighted by Gasteiger charge is -2.22. The molecule has 2 aromatic carbocycles. The van der Waals surface area contributed by atoms with E-state index in [2.05, 4.69) is 41.1 Å². The minimum atomic E-state index is -0.598. The Morgan fingerprint density at radius 2 is 1.95 bits per heavy atom. The molecule has 12 nitrogen and oxygen atoms in total. The van der Waals surface area contributed by atoms with Crippen molar-refractivity contribution < 1.29 is 29.2 Å². The van der Waals surface area contributed by atoms with Crippen molar-refractivity contribution in [3.63, 3.8) is 0 Å². The second kappa shape index (κ2) is 15.3. The van der Waals surface area contributed by atoms with Crippen molar-refractivity contribution in [2.24, 2.45) is 16.1 Å². The molecule has 1 aliphatic rings. The van der Waals surface area contributed by atoms with Gasteiger partial charge in [-0.1, -0.05) is 33.8 Å². The van der Waals surface area contributed by atoms with E-state index in [1.54, 1.807) is 13.0 Å². The number of aliphatic hydroxyl groups is 1. The van der Waals surface area contributed by atoms with Crippen molar-refractivity contribution >= 4 is 40.4 Å². The molecule has 2 N–H and O–H groups in total. The minimum absolute atomic E-state index is 0.00771. The van der Waals surface area contributed by atoms with Gasteiger partial charge in [0.15, 0.2) is 5.69 Å². The van der Waals surface area contributed by atoms with Crippen LogP contribution in [0.3, 0.4) is 0 Å². The largest absolute Gasteiger partial charge is 0.465 e. The van der Waals surface area contributed by atoms with Crippen LogP contribution >= 0.6 is 0 Å². The Morgan fingerprint density at radius 1 is 1.18 bits per heavy atom. The van der Waals surface area contributed by atoms with E-state index in [-0.39, 0.29) is 60.1 Å². The van der Waals surface area contributed by atoms with Gasteiger partial charge in [-0.25, -0.2) is 0 Å². The first kappa shape index (κ1) is 32.5. The van der Waals surface area contributed by atoms with Gasteiger partial charge in [-0.15, -0.1) is 5.11 Å². The number of carbonyl (C=O) groups is 3. The van der Waals surface area contributed by atoms with E-state index in [4.69, 9.17) is 6.17 Å². The van der Waals surface area contributed by atoms with Crippen LogP contribution in [0, 0.1) is 16.0 Å². The number of unbranched alkanes of at least 4 members (excludes halogenated alkanes) is 1. The molecule has 1 atom stereocenters. The van der Waals surface area contributed by atoms with Gasteiger partial charge in [0.25, 0.3) is 11.6 Å². The summed E-state index contributed by atoms with van der Waals surface area (Å²) in [5, 5.41) is 27.4. The van der Waals surface area contributed by atoms with Crippen molar-refractivity contribution in [3.8, 4) is 0 Å². The van der Waals surface area contributed by atoms with E-state index < -0.39 is 16.8 Å². The molecular formula is C32H41N5O7. The number of likely N-dealkylation sites (N-methyl/N-ethyl adjacent to an activating group) is 1. The molecule has 1 unspecified atom stereocenters. The fraction of sp³-hybridized carbons (Fsp3) is 0.469. The van der Waals surface area contributed by atoms with Crippen LogP contribution in [0.4, 0.5) is 22.7 Å². The molecule has 0 aliphatic carbocycles. The molecule has 12 heteroatoms. The highest BCUT2D eigenvalue weighted by Gasteiger charge is 2.37. The van der Waals surface area contributed by atoms with Crippen molar-refractivity contribution in [1.29, 1.82) is 1.43 Å². The summed E-state index contributed by atoms with van der Waals surface area (Å²) in [5.41, 5.74) is 3.06. The number of aliphatic hydroxyl groups excluding tert-OH is 1. The first-order valence-electron chi connectivity index (χ1n) is 15.1. The molecule has 3 rings (SSSR count). The van der Waals surface area contributed by atoms with Crippen LogP contribution in [0.1, 0.15) is 75.2 Å². The second-order valence-corrected chi connectivity index (χ2v) is 11.4. The predicted molar refractivity (Wildman–Crippen MR) is 167 cm³/mol. The number of ketones is 1. The zero-order valence-electron chi connectivity index (χ0n) is 26.8. The lowest BCUT2D eigenvalue weighted by molar-refractivity contribution is -0.384. The van der Waals surface area contributed by atoms with Crippen molar-refractivity contribution in [2.75, 3.05) is 31.7 Å². The van der Waals surface area contributed by atoms with E-state index >= 15 is 0 Å². The number of nitrogens with zero attached hydrogens (tertiary/aromatic N) is 4. The number of nitro benzene ring substituents is 1. The van der Waals surface area contributed by atoms with Crippen LogP contribution in [0.5, 0.6) is 0 Å². The number of anilines is 1. The number of nitro groups is 1. The molecule has 0 saturated carbocycles. The third kappa shape index (κ3) is 8.56. The van der Waals surface area contributed by atoms with Gasteiger partial charge in [0.2, 0.25) is 1.43 Å². The molecular weight excluding hydrogens is 566 g/mol. The third-order valence-electron chi connectivity index (χ3n) is 7.89. The predicted octanol–water partition coefficient (Wildman–Crippen LogP) is 6.06. The van der Waals surface area contributed by atoms with Crippen molar-refractivity contribution in [1.82, 2.24) is 5.32 Å². The number of allylic oxidation sites excluding steroid dienone is 1. The Labute approximate surface area is 258 Å². The van der Waals surface area contributed by atoms with Crippen molar-refractivity contribution in [3.05, 3.63) is 69.9 Å². The summed E-state index contributed by atoms with van der Waals surface area (Å²) < 4.78 is 12.3. The molecule has 236 valence electrons. The van der Waals surface area contributed by atoms with E-state index in [1.807, 2.05) is 24.1 Å². The minimum Gasteiger partial charge on any atom is -0.465 e. The van der Waals surface area contributed by atoms with Gasteiger partial charge in [-0.3, -0.25) is 24.5 Å². The number of ether oxygens (including phenoxy) is 1. The fourth-order valence-electron chi connectivity index (χ4n) is 4.88. The number of benzene rings is 2. The number of fused-ring (bicyclic) bond motifs is 1. The highest BCUT2D eigenvalue weighted by molar-refractivity contribution is 5.95. The number of azo groups is 1. The summed E-state index contributed by atoms with van der Waals surface area (Å²) in [7, 11) is 1.95. The molecule has 0 radical (unpaired) electrons. The number of carbonyl (C=O) groups excluding carboxylic acids is 3. The van der Waals surface area contributed by atoms with Crippen LogP contribution in [0.15, 0.2) is 58.9 Å². The van der Waals surface area contributed by atoms with Gasteiger partial charge in [0.1, 0.15) is 5.78 Å². The van der Waals surface area contributed by atoms with Gasteiger partial charge in [0.05, 0.1) is 23.6 Å². The summed E-state index contributed by atoms with van der Waals surface area (Å²) in [6.07, 6.45) is 2.38. The number of nitrogens with one attached hydrogen (secondary N) is 1. The first-order chi connectivity index (χ1) is 21.4. The van der Waals surface area contributed by atoms with Gasteiger partial charge >= 0.3 is 5.97 Å². The van der Waals surface area contributed by atoms with Crippen LogP contribution in [-0.4, -0.2) is 55.9 Å². The topological polar surface area (TPSA) is 164 Å². The van der Waals surface area contributed by atoms with E-state index in [9.17, 15) is 24.5 Å². The second-order valence-electron chi connectivity index (χ2n) is 11.4. The molecule has 0 spiro atoms. The quantitative estimate of drug-likeness (QED) is 0.0719. The zero-order chi connectivity index (χ0) is 33.1. The molecule has 1 heterocycles. The van der Waals surface area contributed by atoms with Crippen LogP contribution in [-0.2, 0) is 19.7 Å². The monoisotopic (exact) mass is 608 g/mol. The number of hydrogen-bond donors (Lipinski definition) is 2. The smallest absolute Gasteiger partial charge is 0.306 e. The number of rotatable bonds is 17. The van der Waals surface area contributed by atoms with E-state index in [0.717, 1.165) is 16.9 Å². The molecule has 1 amide bonds. The van der Waals surface area contributed by atoms with Crippen LogP contribution in [0.2, 0.25) is 0 Å². The molecule has 1 aliphatic heterocycles. The normalized spacial score (nSPS) is 14.7. The Kier molecular flexibility index (Phi) is 11.3. The lowest BCUT2D eigenvalue weighted by Crippen LogP contribution is -2.25. The standard InChI is InChI=1S/C32H41N5O7/c1-6-25(39)12-15-30(40)44-20-22(19-38)9-7-8-16-33-31(41)23-10-13-27(29(17-23)37(42)43)35-34-24-11-14-28-26(18-24)32(3,4)21(2)36(28)5/h10-11,13-14,17-18,22,38H,2,6-9,12,15-16,19-20H2,1,3-5H3,(H,33,41)/i38D. The Hall–Kier alpha value is -4.45. The van der Waals surface area contributed by atoms with Crippen molar-refractivity contribution in [2.45, 2.75) is 64.7 Å². The van der Waals surface area contributed by atoms with E-state index in [0.29, 0.717) is 37.9 Å². The number of Topliss-reactive ketones (excluding diaryl/α,β-unsaturated/α-hetero) is 1. The van der Waals surface area contributed by atoms with E-state index in [1.165, 1.54) is 18.2 Å². The maximum Gasteiger partial charge on any atom is 0.306 e. The number of amides is 1.